The number of benzene rings is 1. The number of rotatable bonds is 5. The Kier molecular flexibility index (Phi) is 5.46. The van der Waals surface area contributed by atoms with Crippen molar-refractivity contribution in [2.75, 3.05) is 11.1 Å². The average molecular weight is 399 g/mol. The molecule has 2 aromatic heterocycles. The lowest BCUT2D eigenvalue weighted by Gasteiger charge is -2.09. The maximum Gasteiger partial charge on any atom is 0.332 e. The summed E-state index contributed by atoms with van der Waals surface area (Å²) in [6.45, 7) is 2.07. The average Bonchev–Trinajstić information content (AvgIpc) is 3.13. The van der Waals surface area contributed by atoms with E-state index in [1.807, 2.05) is 24.3 Å². The van der Waals surface area contributed by atoms with Crippen LogP contribution in [0.25, 0.3) is 11.3 Å². The third-order valence-corrected chi connectivity index (χ3v) is 5.32. The van der Waals surface area contributed by atoms with Gasteiger partial charge in [-0.1, -0.05) is 19.1 Å². The highest BCUT2D eigenvalue weighted by Crippen LogP contribution is 2.23. The molecule has 0 saturated carbocycles. The Morgan fingerprint density at radius 3 is 2.50 bits per heavy atom. The summed E-state index contributed by atoms with van der Waals surface area (Å²) in [4.78, 5) is 41.0. The van der Waals surface area contributed by atoms with Crippen LogP contribution in [0, 0.1) is 0 Å². The number of anilines is 2. The third kappa shape index (κ3) is 3.74. The normalized spacial score (nSPS) is 10.8. The summed E-state index contributed by atoms with van der Waals surface area (Å²) in [5.74, 6) is -0.156. The highest BCUT2D eigenvalue weighted by molar-refractivity contribution is 7.10. The molecule has 1 amide bonds. The molecule has 2 heterocycles. The van der Waals surface area contributed by atoms with Crippen LogP contribution in [0.1, 0.15) is 17.5 Å². The van der Waals surface area contributed by atoms with Crippen molar-refractivity contribution in [1.82, 2.24) is 14.1 Å². The number of nitrogens with two attached hydrogens (primary N) is 1. The minimum atomic E-state index is -0.516. The summed E-state index contributed by atoms with van der Waals surface area (Å²) in [6, 6.07) is 7.66. The van der Waals surface area contributed by atoms with Crippen molar-refractivity contribution in [2.24, 2.45) is 14.1 Å². The number of hydrogen-bond donors (Lipinski definition) is 2. The smallest absolute Gasteiger partial charge is 0.332 e. The quantitative estimate of drug-likeness (QED) is 0.676. The highest BCUT2D eigenvalue weighted by atomic mass is 32.1. The van der Waals surface area contributed by atoms with Gasteiger partial charge in [0, 0.05) is 25.2 Å². The van der Waals surface area contributed by atoms with E-state index in [2.05, 4.69) is 17.2 Å². The molecule has 0 aliphatic rings. The maximum atomic E-state index is 12.4. The number of nitrogen functional groups attached to an aromatic ring is 1. The Hall–Kier alpha value is -3.20. The second kappa shape index (κ2) is 7.81. The molecule has 0 bridgehead atoms. The van der Waals surface area contributed by atoms with Crippen molar-refractivity contribution >= 4 is 28.7 Å². The number of amides is 1. The van der Waals surface area contributed by atoms with Gasteiger partial charge in [0.25, 0.3) is 5.56 Å². The van der Waals surface area contributed by atoms with Crippen molar-refractivity contribution in [3.05, 3.63) is 61.1 Å². The first-order valence-electron chi connectivity index (χ1n) is 8.70. The summed E-state index contributed by atoms with van der Waals surface area (Å²) in [5, 5.41) is 5.04. The molecule has 0 atom stereocenters. The predicted molar refractivity (Wildman–Crippen MR) is 111 cm³/mol. The van der Waals surface area contributed by atoms with Gasteiger partial charge in [0.2, 0.25) is 5.91 Å². The molecule has 146 valence electrons. The largest absolute Gasteiger partial charge is 0.384 e. The molecule has 3 aromatic rings. The van der Waals surface area contributed by atoms with E-state index in [0.29, 0.717) is 10.7 Å². The fraction of sp³-hybridized carbons (Fsp3) is 0.263. The molecule has 0 aliphatic carbocycles. The Balaban J connectivity index is 1.80. The van der Waals surface area contributed by atoms with Crippen molar-refractivity contribution in [3.63, 3.8) is 0 Å². The number of nitrogens with one attached hydrogen (secondary N) is 1. The third-order valence-electron chi connectivity index (χ3n) is 4.48. The second-order valence-electron chi connectivity index (χ2n) is 6.37. The lowest BCUT2D eigenvalue weighted by atomic mass is 10.1. The van der Waals surface area contributed by atoms with Crippen LogP contribution in [-0.2, 0) is 31.7 Å². The minimum Gasteiger partial charge on any atom is -0.384 e. The highest BCUT2D eigenvalue weighted by Gasteiger charge is 2.18. The van der Waals surface area contributed by atoms with E-state index >= 15 is 0 Å². The number of carbonyl (C=O) groups excluding carboxylic acids is 1. The van der Waals surface area contributed by atoms with E-state index in [9.17, 15) is 14.4 Å². The molecule has 0 spiro atoms. The zero-order chi connectivity index (χ0) is 20.4. The molecule has 1 aromatic carbocycles. The van der Waals surface area contributed by atoms with Crippen LogP contribution in [0.2, 0.25) is 0 Å². The Labute approximate surface area is 165 Å². The summed E-state index contributed by atoms with van der Waals surface area (Å²) in [7, 11) is 2.88. The lowest BCUT2D eigenvalue weighted by Crippen LogP contribution is -2.39. The molecule has 0 saturated heterocycles. The van der Waals surface area contributed by atoms with Gasteiger partial charge >= 0.3 is 5.69 Å². The van der Waals surface area contributed by atoms with Crippen LogP contribution in [-0.4, -0.2) is 20.0 Å². The van der Waals surface area contributed by atoms with Crippen LogP contribution in [0.15, 0.2) is 39.2 Å². The molecule has 0 fully saturated rings. The number of aryl methyl sites for hydroxylation is 1. The Bertz CT molecular complexity index is 1140. The molecule has 3 N–H and O–H groups in total. The van der Waals surface area contributed by atoms with Gasteiger partial charge in [-0.05, 0) is 24.1 Å². The van der Waals surface area contributed by atoms with Crippen LogP contribution >= 0.6 is 11.3 Å². The first-order chi connectivity index (χ1) is 13.3. The van der Waals surface area contributed by atoms with Crippen molar-refractivity contribution in [1.29, 1.82) is 0 Å². The number of thiazole rings is 1. The van der Waals surface area contributed by atoms with Crippen molar-refractivity contribution in [3.8, 4) is 11.3 Å². The molecule has 3 rings (SSSR count). The summed E-state index contributed by atoms with van der Waals surface area (Å²) in [5.41, 5.74) is 7.36. The molecule has 0 unspecified atom stereocenters. The minimum absolute atomic E-state index is 0.0467. The molecule has 8 nitrogen and oxygen atoms in total. The molecular weight excluding hydrogens is 378 g/mol. The SMILES string of the molecule is CCc1ccc(NC(=O)Cc2nc(-c3c(N)n(C)c(=O)n(C)c3=O)cs2)cc1. The topological polar surface area (TPSA) is 112 Å². The number of carbonyl (C=O) groups is 1. The monoisotopic (exact) mass is 399 g/mol. The van der Waals surface area contributed by atoms with Crippen LogP contribution in [0.3, 0.4) is 0 Å². The number of hydrogen-bond acceptors (Lipinski definition) is 6. The maximum absolute atomic E-state index is 12.4. The molecule has 0 aliphatic heterocycles. The first kappa shape index (κ1) is 19.6. The van der Waals surface area contributed by atoms with Gasteiger partial charge in [0.1, 0.15) is 16.4 Å². The molecule has 28 heavy (non-hydrogen) atoms. The summed E-state index contributed by atoms with van der Waals surface area (Å²) >= 11 is 1.26. The van der Waals surface area contributed by atoms with Crippen LogP contribution in [0.4, 0.5) is 11.5 Å². The molecular formula is C19H21N5O3S. The standard InChI is InChI=1S/C19H21N5O3S/c1-4-11-5-7-12(8-6-11)21-14(25)9-15-22-13(10-28-15)16-17(20)23(2)19(27)24(3)18(16)26/h5-8,10H,4,9,20H2,1-3H3,(H,21,25). The summed E-state index contributed by atoms with van der Waals surface area (Å²) < 4.78 is 2.18. The van der Waals surface area contributed by atoms with Crippen LogP contribution < -0.4 is 22.3 Å². The van der Waals surface area contributed by atoms with Crippen molar-refractivity contribution in [2.45, 2.75) is 19.8 Å². The number of aromatic nitrogens is 3. The van der Waals surface area contributed by atoms with Gasteiger partial charge in [-0.15, -0.1) is 11.3 Å². The summed E-state index contributed by atoms with van der Waals surface area (Å²) in [6.07, 6.45) is 1.01. The Morgan fingerprint density at radius 1 is 1.18 bits per heavy atom. The molecule has 0 radical (unpaired) electrons. The van der Waals surface area contributed by atoms with E-state index in [-0.39, 0.29) is 23.7 Å². The number of nitrogens with zero attached hydrogens (tertiary/aromatic N) is 3. The van der Waals surface area contributed by atoms with Crippen molar-refractivity contribution < 1.29 is 4.79 Å². The molecule has 9 heteroatoms. The van der Waals surface area contributed by atoms with Gasteiger partial charge in [-0.2, -0.15) is 0 Å². The van der Waals surface area contributed by atoms with Gasteiger partial charge in [0.05, 0.1) is 12.1 Å². The first-order valence-corrected chi connectivity index (χ1v) is 9.58. The van der Waals surface area contributed by atoms with Gasteiger partial charge in [0.15, 0.2) is 0 Å². The van der Waals surface area contributed by atoms with E-state index < -0.39 is 11.2 Å². The van der Waals surface area contributed by atoms with E-state index in [0.717, 1.165) is 16.7 Å². The fourth-order valence-corrected chi connectivity index (χ4v) is 3.56. The van der Waals surface area contributed by atoms with E-state index in [1.54, 1.807) is 5.38 Å². The second-order valence-corrected chi connectivity index (χ2v) is 7.31. The predicted octanol–water partition coefficient (Wildman–Crippen LogP) is 1.53. The van der Waals surface area contributed by atoms with Crippen LogP contribution in [0.5, 0.6) is 0 Å². The Morgan fingerprint density at radius 2 is 1.86 bits per heavy atom. The van der Waals surface area contributed by atoms with Gasteiger partial charge in [-0.25, -0.2) is 9.78 Å². The lowest BCUT2D eigenvalue weighted by molar-refractivity contribution is -0.115. The van der Waals surface area contributed by atoms with Gasteiger partial charge in [-0.3, -0.25) is 18.7 Å². The van der Waals surface area contributed by atoms with E-state index in [1.165, 1.54) is 35.6 Å². The van der Waals surface area contributed by atoms with Gasteiger partial charge < -0.3 is 11.1 Å². The fourth-order valence-electron chi connectivity index (χ4n) is 2.77. The zero-order valence-electron chi connectivity index (χ0n) is 15.9. The van der Waals surface area contributed by atoms with E-state index in [4.69, 9.17) is 5.73 Å². The zero-order valence-corrected chi connectivity index (χ0v) is 16.7.